The summed E-state index contributed by atoms with van der Waals surface area (Å²) in [6.45, 7) is 2.58. The zero-order valence-corrected chi connectivity index (χ0v) is 16.5. The van der Waals surface area contributed by atoms with Gasteiger partial charge in [0.05, 0.1) is 12.2 Å². The van der Waals surface area contributed by atoms with Gasteiger partial charge in [-0.25, -0.2) is 4.98 Å². The molecule has 140 valence electrons. The van der Waals surface area contributed by atoms with Crippen molar-refractivity contribution in [3.05, 3.63) is 41.4 Å². The molecule has 6 nitrogen and oxygen atoms in total. The molecule has 1 aromatic carbocycles. The van der Waals surface area contributed by atoms with Crippen LogP contribution in [0.4, 0.5) is 5.13 Å². The van der Waals surface area contributed by atoms with Crippen LogP contribution in [0.5, 0.6) is 5.75 Å². The quantitative estimate of drug-likeness (QED) is 0.645. The Morgan fingerprint density at radius 3 is 2.65 bits per heavy atom. The lowest BCUT2D eigenvalue weighted by Gasteiger charge is -2.34. The molecule has 0 unspecified atom stereocenters. The summed E-state index contributed by atoms with van der Waals surface area (Å²) in [6, 6.07) is 10.1. The van der Waals surface area contributed by atoms with E-state index < -0.39 is 0 Å². The number of piperidine rings is 1. The molecule has 1 saturated heterocycles. The number of likely N-dealkylation sites (tertiary alicyclic amines) is 1. The second kappa shape index (κ2) is 8.89. The number of ether oxygens (including phenoxy) is 1. The molecule has 0 atom stereocenters. The van der Waals surface area contributed by atoms with E-state index in [1.807, 2.05) is 56.4 Å². The van der Waals surface area contributed by atoms with Gasteiger partial charge in [-0.15, -0.1) is 11.3 Å². The maximum absolute atomic E-state index is 6.07. The van der Waals surface area contributed by atoms with Gasteiger partial charge in [0.2, 0.25) is 0 Å². The third-order valence-electron chi connectivity index (χ3n) is 4.35. The lowest BCUT2D eigenvalue weighted by Crippen LogP contribution is -2.47. The van der Waals surface area contributed by atoms with E-state index in [-0.39, 0.29) is 6.10 Å². The molecule has 0 aliphatic carbocycles. The first-order valence-electron chi connectivity index (χ1n) is 8.94. The number of aliphatic imine (C=N–C) groups is 1. The molecule has 0 spiro atoms. The fraction of sp³-hybridized carbons (Fsp3) is 0.474. The van der Waals surface area contributed by atoms with Crippen LogP contribution in [0.15, 0.2) is 40.7 Å². The first-order valence-corrected chi connectivity index (χ1v) is 9.82. The van der Waals surface area contributed by atoms with E-state index in [0.29, 0.717) is 6.54 Å². The molecule has 0 bridgehead atoms. The topological polar surface area (TPSA) is 53.0 Å². The summed E-state index contributed by atoms with van der Waals surface area (Å²) in [5.74, 6) is 1.89. The largest absolute Gasteiger partial charge is 0.490 e. The average Bonchev–Trinajstić information content (AvgIpc) is 3.14. The van der Waals surface area contributed by atoms with Crippen molar-refractivity contribution in [3.63, 3.8) is 0 Å². The van der Waals surface area contributed by atoms with Crippen LogP contribution in [0.1, 0.15) is 18.5 Å². The van der Waals surface area contributed by atoms with Crippen molar-refractivity contribution in [1.82, 2.24) is 15.2 Å². The maximum Gasteiger partial charge on any atom is 0.193 e. The second-order valence-electron chi connectivity index (χ2n) is 6.53. The molecule has 0 radical (unpaired) electrons. The molecular formula is C19H27N5OS. The van der Waals surface area contributed by atoms with Crippen molar-refractivity contribution >= 4 is 22.4 Å². The van der Waals surface area contributed by atoms with Gasteiger partial charge in [0, 0.05) is 52.5 Å². The van der Waals surface area contributed by atoms with Crippen LogP contribution < -0.4 is 15.0 Å². The van der Waals surface area contributed by atoms with Crippen LogP contribution in [0.3, 0.4) is 0 Å². The van der Waals surface area contributed by atoms with Crippen molar-refractivity contribution in [2.24, 2.45) is 4.99 Å². The number of nitrogens with zero attached hydrogens (tertiary/aromatic N) is 4. The molecule has 7 heteroatoms. The summed E-state index contributed by atoms with van der Waals surface area (Å²) in [4.78, 5) is 13.4. The van der Waals surface area contributed by atoms with Crippen LogP contribution in [-0.2, 0) is 6.54 Å². The minimum absolute atomic E-state index is 0.271. The average molecular weight is 374 g/mol. The highest BCUT2D eigenvalue weighted by Crippen LogP contribution is 2.20. The minimum Gasteiger partial charge on any atom is -0.490 e. The standard InChI is InChI=1S/C19H27N5OS/c1-20-18(21-13-15-14-26-19(22-15)23(2)3)24-11-9-17(10-12-24)25-16-7-5-4-6-8-16/h4-8,14,17H,9-13H2,1-3H3,(H,20,21). The lowest BCUT2D eigenvalue weighted by molar-refractivity contribution is 0.129. The predicted octanol–water partition coefficient (Wildman–Crippen LogP) is 2.83. The van der Waals surface area contributed by atoms with Crippen molar-refractivity contribution in [1.29, 1.82) is 0 Å². The van der Waals surface area contributed by atoms with Crippen LogP contribution in [-0.4, -0.2) is 56.2 Å². The monoisotopic (exact) mass is 373 g/mol. The summed E-state index contributed by atoms with van der Waals surface area (Å²) in [6.07, 6.45) is 2.27. The zero-order chi connectivity index (χ0) is 18.4. The lowest BCUT2D eigenvalue weighted by atomic mass is 10.1. The number of rotatable bonds is 5. The van der Waals surface area contributed by atoms with Crippen molar-refractivity contribution in [2.75, 3.05) is 39.1 Å². The van der Waals surface area contributed by atoms with Gasteiger partial charge in [0.1, 0.15) is 11.9 Å². The number of hydrogen-bond donors (Lipinski definition) is 1. The molecule has 26 heavy (non-hydrogen) atoms. The summed E-state index contributed by atoms with van der Waals surface area (Å²) in [5, 5.41) is 6.55. The molecule has 1 aliphatic rings. The van der Waals surface area contributed by atoms with E-state index in [0.717, 1.165) is 48.5 Å². The number of thiazole rings is 1. The molecule has 0 amide bonds. The molecule has 3 rings (SSSR count). The summed E-state index contributed by atoms with van der Waals surface area (Å²) in [7, 11) is 5.86. The highest BCUT2D eigenvalue weighted by molar-refractivity contribution is 7.13. The molecule has 2 aromatic rings. The van der Waals surface area contributed by atoms with Crippen molar-refractivity contribution < 1.29 is 4.74 Å². The third kappa shape index (κ3) is 4.88. The van der Waals surface area contributed by atoms with Crippen molar-refractivity contribution in [2.45, 2.75) is 25.5 Å². The Kier molecular flexibility index (Phi) is 6.33. The number of guanidine groups is 1. The van der Waals surface area contributed by atoms with Gasteiger partial charge in [-0.2, -0.15) is 0 Å². The highest BCUT2D eigenvalue weighted by Gasteiger charge is 2.22. The molecule has 1 aliphatic heterocycles. The van der Waals surface area contributed by atoms with Gasteiger partial charge in [0.25, 0.3) is 0 Å². The van der Waals surface area contributed by atoms with E-state index in [9.17, 15) is 0 Å². The summed E-state index contributed by atoms with van der Waals surface area (Å²) >= 11 is 1.66. The molecule has 1 N–H and O–H groups in total. The number of anilines is 1. The number of para-hydroxylation sites is 1. The maximum atomic E-state index is 6.07. The molecule has 1 fully saturated rings. The Morgan fingerprint density at radius 2 is 2.04 bits per heavy atom. The fourth-order valence-corrected chi connectivity index (χ4v) is 3.72. The van der Waals surface area contributed by atoms with Gasteiger partial charge in [0.15, 0.2) is 11.1 Å². The predicted molar refractivity (Wildman–Crippen MR) is 108 cm³/mol. The van der Waals surface area contributed by atoms with Gasteiger partial charge < -0.3 is 19.9 Å². The van der Waals surface area contributed by atoms with Crippen LogP contribution in [0, 0.1) is 0 Å². The van der Waals surface area contributed by atoms with Crippen LogP contribution in [0.2, 0.25) is 0 Å². The Hall–Kier alpha value is -2.28. The van der Waals surface area contributed by atoms with Crippen molar-refractivity contribution in [3.8, 4) is 5.75 Å². The minimum atomic E-state index is 0.271. The van der Waals surface area contributed by atoms with Crippen LogP contribution >= 0.6 is 11.3 Å². The summed E-state index contributed by atoms with van der Waals surface area (Å²) < 4.78 is 6.07. The SMILES string of the molecule is CN=C(NCc1csc(N(C)C)n1)N1CCC(Oc2ccccc2)CC1. The molecule has 1 aromatic heterocycles. The van der Waals surface area contributed by atoms with Gasteiger partial charge >= 0.3 is 0 Å². The number of benzene rings is 1. The van der Waals surface area contributed by atoms with E-state index in [2.05, 4.69) is 25.6 Å². The number of nitrogens with one attached hydrogen (secondary N) is 1. The summed E-state index contributed by atoms with van der Waals surface area (Å²) in [5.41, 5.74) is 1.04. The van der Waals surface area contributed by atoms with E-state index in [1.54, 1.807) is 11.3 Å². The van der Waals surface area contributed by atoms with Gasteiger partial charge in [-0.1, -0.05) is 18.2 Å². The second-order valence-corrected chi connectivity index (χ2v) is 7.37. The molecule has 0 saturated carbocycles. The first kappa shape index (κ1) is 18.5. The smallest absolute Gasteiger partial charge is 0.193 e. The van der Waals surface area contributed by atoms with Crippen LogP contribution in [0.25, 0.3) is 0 Å². The Bertz CT molecular complexity index is 708. The number of hydrogen-bond acceptors (Lipinski definition) is 5. The van der Waals surface area contributed by atoms with E-state index in [4.69, 9.17) is 4.74 Å². The third-order valence-corrected chi connectivity index (χ3v) is 5.41. The van der Waals surface area contributed by atoms with Gasteiger partial charge in [-0.3, -0.25) is 4.99 Å². The molecular weight excluding hydrogens is 346 g/mol. The van der Waals surface area contributed by atoms with E-state index in [1.165, 1.54) is 0 Å². The first-order chi connectivity index (χ1) is 12.7. The normalized spacial score (nSPS) is 15.8. The fourth-order valence-electron chi connectivity index (χ4n) is 2.96. The Morgan fingerprint density at radius 1 is 1.31 bits per heavy atom. The molecule has 2 heterocycles. The van der Waals surface area contributed by atoms with E-state index >= 15 is 0 Å². The van der Waals surface area contributed by atoms with Gasteiger partial charge in [-0.05, 0) is 12.1 Å². The zero-order valence-electron chi connectivity index (χ0n) is 15.7. The number of aromatic nitrogens is 1. The Labute approximate surface area is 159 Å². The Balaban J connectivity index is 1.47. The highest BCUT2D eigenvalue weighted by atomic mass is 32.1.